The summed E-state index contributed by atoms with van der Waals surface area (Å²) >= 11 is 0. The largest absolute Gasteiger partial charge is 0.469 e. The normalized spacial score (nSPS) is 23.1. The minimum atomic E-state index is -0.610. The number of esters is 1. The van der Waals surface area contributed by atoms with Gasteiger partial charge in [-0.05, 0) is 34.1 Å². The number of amides is 1. The van der Waals surface area contributed by atoms with Crippen molar-refractivity contribution in [3.63, 3.8) is 0 Å². The quantitative estimate of drug-likeness (QED) is 0.721. The van der Waals surface area contributed by atoms with Crippen LogP contribution in [0.5, 0.6) is 0 Å². The lowest BCUT2D eigenvalue weighted by molar-refractivity contribution is -0.148. The highest BCUT2D eigenvalue weighted by Gasteiger charge is 2.37. The third-order valence-corrected chi connectivity index (χ3v) is 3.21. The Morgan fingerprint density at radius 3 is 2.10 bits per heavy atom. The average molecular weight is 285 g/mol. The summed E-state index contributed by atoms with van der Waals surface area (Å²) < 4.78 is 10.0. The molecule has 0 bridgehead atoms. The van der Waals surface area contributed by atoms with Gasteiger partial charge in [0.15, 0.2) is 0 Å². The lowest BCUT2D eigenvalue weighted by Gasteiger charge is -2.36. The predicted molar refractivity (Wildman–Crippen MR) is 72.1 cm³/mol. The van der Waals surface area contributed by atoms with Crippen LogP contribution in [0.4, 0.5) is 4.79 Å². The fraction of sp³-hybridized carbons (Fsp3) is 0.786. The smallest absolute Gasteiger partial charge is 0.410 e. The lowest BCUT2D eigenvalue weighted by Crippen LogP contribution is -2.49. The van der Waals surface area contributed by atoms with Crippen LogP contribution in [0.15, 0.2) is 0 Å². The molecular weight excluding hydrogens is 262 g/mol. The van der Waals surface area contributed by atoms with E-state index in [-0.39, 0.29) is 24.8 Å². The molecule has 6 nitrogen and oxygen atoms in total. The van der Waals surface area contributed by atoms with Gasteiger partial charge in [0.05, 0.1) is 13.0 Å². The summed E-state index contributed by atoms with van der Waals surface area (Å²) in [5.41, 5.74) is -0.610. The summed E-state index contributed by atoms with van der Waals surface area (Å²) in [5, 5.41) is 0. The van der Waals surface area contributed by atoms with Crippen LogP contribution in [0.2, 0.25) is 0 Å². The fourth-order valence-electron chi connectivity index (χ4n) is 2.21. The number of hydrogen-bond acceptors (Lipinski definition) is 5. The van der Waals surface area contributed by atoms with E-state index in [1.165, 1.54) is 18.9 Å². The van der Waals surface area contributed by atoms with Gasteiger partial charge in [-0.15, -0.1) is 0 Å². The molecule has 1 aliphatic heterocycles. The van der Waals surface area contributed by atoms with E-state index in [9.17, 15) is 14.4 Å². The number of methoxy groups -OCH3 is 1. The molecule has 0 unspecified atom stereocenters. The number of Topliss-reactive ketones (excluding diaryl/α,β-unsaturated/α-hetero) is 1. The summed E-state index contributed by atoms with van der Waals surface area (Å²) in [6, 6.07) is 0. The van der Waals surface area contributed by atoms with Crippen LogP contribution in [-0.4, -0.2) is 48.5 Å². The summed E-state index contributed by atoms with van der Waals surface area (Å²) in [6.45, 7) is 7.31. The number of ketones is 1. The van der Waals surface area contributed by atoms with Crippen molar-refractivity contribution in [1.82, 2.24) is 4.90 Å². The van der Waals surface area contributed by atoms with Crippen LogP contribution in [0, 0.1) is 11.8 Å². The summed E-state index contributed by atoms with van der Waals surface area (Å²) in [4.78, 5) is 36.8. The molecule has 1 aliphatic rings. The molecule has 1 heterocycles. The Kier molecular flexibility index (Phi) is 5.14. The van der Waals surface area contributed by atoms with Crippen LogP contribution >= 0.6 is 0 Å². The van der Waals surface area contributed by atoms with Crippen molar-refractivity contribution in [3.8, 4) is 0 Å². The molecule has 0 N–H and O–H groups in total. The van der Waals surface area contributed by atoms with Gasteiger partial charge in [0.2, 0.25) is 0 Å². The van der Waals surface area contributed by atoms with E-state index >= 15 is 0 Å². The number of carbonyl (C=O) groups is 3. The lowest BCUT2D eigenvalue weighted by atomic mass is 9.87. The zero-order valence-corrected chi connectivity index (χ0v) is 12.8. The summed E-state index contributed by atoms with van der Waals surface area (Å²) in [7, 11) is 1.30. The third kappa shape index (κ3) is 4.51. The molecule has 1 fully saturated rings. The molecule has 1 rings (SSSR count). The fourth-order valence-corrected chi connectivity index (χ4v) is 2.21. The Labute approximate surface area is 119 Å². The zero-order chi connectivity index (χ0) is 15.5. The minimum Gasteiger partial charge on any atom is -0.469 e. The van der Waals surface area contributed by atoms with E-state index in [1.54, 1.807) is 20.8 Å². The molecular formula is C14H23NO5. The standard InChI is InChI=1S/C14H23NO5/c1-9(16)10-6-11(12(17)19-5)8-15(7-10)13(18)20-14(2,3)4/h10-11H,6-8H2,1-5H3/t10-,11+/m0/s1. The van der Waals surface area contributed by atoms with Gasteiger partial charge in [-0.3, -0.25) is 9.59 Å². The highest BCUT2D eigenvalue weighted by molar-refractivity contribution is 5.82. The first-order chi connectivity index (χ1) is 9.14. The Morgan fingerprint density at radius 1 is 1.10 bits per heavy atom. The second kappa shape index (κ2) is 6.24. The predicted octanol–water partition coefficient (Wildman–Crippen LogP) is 1.62. The first kappa shape index (κ1) is 16.5. The monoisotopic (exact) mass is 285 g/mol. The van der Waals surface area contributed by atoms with Crippen molar-refractivity contribution in [2.24, 2.45) is 11.8 Å². The van der Waals surface area contributed by atoms with E-state index in [4.69, 9.17) is 9.47 Å². The number of piperidine rings is 1. The number of ether oxygens (including phenoxy) is 2. The molecule has 0 aromatic carbocycles. The molecule has 0 aromatic heterocycles. The van der Waals surface area contributed by atoms with Gasteiger partial charge in [0, 0.05) is 19.0 Å². The Balaban J connectivity index is 2.82. The van der Waals surface area contributed by atoms with Crippen molar-refractivity contribution in [2.75, 3.05) is 20.2 Å². The first-order valence-electron chi connectivity index (χ1n) is 6.70. The van der Waals surface area contributed by atoms with Gasteiger partial charge in [0.1, 0.15) is 11.4 Å². The second-order valence-corrected chi connectivity index (χ2v) is 6.15. The maximum absolute atomic E-state index is 12.1. The maximum Gasteiger partial charge on any atom is 0.410 e. The van der Waals surface area contributed by atoms with Gasteiger partial charge in [-0.2, -0.15) is 0 Å². The molecule has 1 amide bonds. The van der Waals surface area contributed by atoms with Crippen LogP contribution < -0.4 is 0 Å². The SMILES string of the molecule is COC(=O)[C@@H]1C[C@H](C(C)=O)CN(C(=O)OC(C)(C)C)C1. The number of hydrogen-bond donors (Lipinski definition) is 0. The number of carbonyl (C=O) groups excluding carboxylic acids is 3. The number of nitrogens with zero attached hydrogens (tertiary/aromatic N) is 1. The van der Waals surface area contributed by atoms with E-state index < -0.39 is 23.6 Å². The third-order valence-electron chi connectivity index (χ3n) is 3.21. The van der Waals surface area contributed by atoms with E-state index in [2.05, 4.69) is 0 Å². The topological polar surface area (TPSA) is 72.9 Å². The van der Waals surface area contributed by atoms with Gasteiger partial charge in [-0.25, -0.2) is 4.79 Å². The number of likely N-dealkylation sites (tertiary alicyclic amines) is 1. The van der Waals surface area contributed by atoms with E-state index in [0.29, 0.717) is 6.42 Å². The van der Waals surface area contributed by atoms with Crippen molar-refractivity contribution >= 4 is 17.8 Å². The Bertz CT molecular complexity index is 399. The summed E-state index contributed by atoms with van der Waals surface area (Å²) in [6.07, 6.45) is -0.0845. The van der Waals surface area contributed by atoms with Gasteiger partial charge < -0.3 is 14.4 Å². The van der Waals surface area contributed by atoms with E-state index in [0.717, 1.165) is 0 Å². The van der Waals surface area contributed by atoms with Crippen LogP contribution in [-0.2, 0) is 19.1 Å². The van der Waals surface area contributed by atoms with Crippen LogP contribution in [0.3, 0.4) is 0 Å². The number of rotatable bonds is 2. The molecule has 1 saturated heterocycles. The molecule has 0 saturated carbocycles. The van der Waals surface area contributed by atoms with Crippen molar-refractivity contribution < 1.29 is 23.9 Å². The van der Waals surface area contributed by atoms with E-state index in [1.807, 2.05) is 0 Å². The van der Waals surface area contributed by atoms with Gasteiger partial charge >= 0.3 is 12.1 Å². The molecule has 0 spiro atoms. The molecule has 2 atom stereocenters. The van der Waals surface area contributed by atoms with Crippen LogP contribution in [0.1, 0.15) is 34.1 Å². The Hall–Kier alpha value is -1.59. The molecule has 20 heavy (non-hydrogen) atoms. The zero-order valence-electron chi connectivity index (χ0n) is 12.8. The Morgan fingerprint density at radius 2 is 1.65 bits per heavy atom. The molecule has 0 aliphatic carbocycles. The second-order valence-electron chi connectivity index (χ2n) is 6.15. The highest BCUT2D eigenvalue weighted by Crippen LogP contribution is 2.25. The van der Waals surface area contributed by atoms with Crippen molar-refractivity contribution in [2.45, 2.75) is 39.7 Å². The highest BCUT2D eigenvalue weighted by atomic mass is 16.6. The summed E-state index contributed by atoms with van der Waals surface area (Å²) in [5.74, 6) is -1.26. The van der Waals surface area contributed by atoms with Crippen LogP contribution in [0.25, 0.3) is 0 Å². The molecule has 6 heteroatoms. The van der Waals surface area contributed by atoms with Gasteiger partial charge in [0.25, 0.3) is 0 Å². The van der Waals surface area contributed by atoms with Crippen molar-refractivity contribution in [3.05, 3.63) is 0 Å². The average Bonchev–Trinajstić information content (AvgIpc) is 2.35. The van der Waals surface area contributed by atoms with Crippen molar-refractivity contribution in [1.29, 1.82) is 0 Å². The molecule has 114 valence electrons. The molecule has 0 radical (unpaired) electrons. The first-order valence-corrected chi connectivity index (χ1v) is 6.70. The molecule has 0 aromatic rings. The maximum atomic E-state index is 12.1. The van der Waals surface area contributed by atoms with Gasteiger partial charge in [-0.1, -0.05) is 0 Å². The minimum absolute atomic E-state index is 0.0350.